The first kappa shape index (κ1) is 22.8. The first-order valence-electron chi connectivity index (χ1n) is 11.5. The van der Waals surface area contributed by atoms with Crippen LogP contribution in [-0.2, 0) is 7.05 Å². The summed E-state index contributed by atoms with van der Waals surface area (Å²) in [6, 6.07) is 17.8. The fourth-order valence-electron chi connectivity index (χ4n) is 4.31. The molecule has 174 valence electrons. The smallest absolute Gasteiger partial charge is 0.283 e. The molecule has 2 aromatic heterocycles. The van der Waals surface area contributed by atoms with Crippen LogP contribution >= 0.6 is 27.3 Å². The highest BCUT2D eigenvalue weighted by atomic mass is 79.9. The van der Waals surface area contributed by atoms with Crippen molar-refractivity contribution in [2.75, 3.05) is 0 Å². The normalized spacial score (nSPS) is 14.6. The molecule has 5 rings (SSSR count). The van der Waals surface area contributed by atoms with Crippen LogP contribution in [0.4, 0.5) is 5.69 Å². The predicted octanol–water partition coefficient (Wildman–Crippen LogP) is 6.18. The van der Waals surface area contributed by atoms with Gasteiger partial charge in [-0.3, -0.25) is 9.48 Å². The number of nitrogens with zero attached hydrogens (tertiary/aromatic N) is 5. The van der Waals surface area contributed by atoms with Crippen LogP contribution in [0.25, 0.3) is 16.9 Å². The molecule has 0 N–H and O–H groups in total. The number of halogens is 1. The SMILES string of the molecule is Cc1c(N=c2scc(-c3ccccc3Br)n2N=C2CCCCC2)c(=O)n(-c2ccccc2)n1C. The molecule has 1 fully saturated rings. The van der Waals surface area contributed by atoms with Crippen LogP contribution in [0.1, 0.15) is 37.8 Å². The fourth-order valence-corrected chi connectivity index (χ4v) is 5.62. The van der Waals surface area contributed by atoms with Crippen molar-refractivity contribution in [1.82, 2.24) is 14.0 Å². The Hall–Kier alpha value is -2.97. The molecule has 1 saturated carbocycles. The zero-order valence-electron chi connectivity index (χ0n) is 19.2. The Balaban J connectivity index is 1.72. The Bertz CT molecular complexity index is 1480. The van der Waals surface area contributed by atoms with Gasteiger partial charge in [-0.1, -0.05) is 58.7 Å². The Kier molecular flexibility index (Phi) is 6.52. The second-order valence-electron chi connectivity index (χ2n) is 8.44. The Morgan fingerprint density at radius 1 is 0.971 bits per heavy atom. The molecule has 0 saturated heterocycles. The van der Waals surface area contributed by atoms with Crippen molar-refractivity contribution in [3.63, 3.8) is 0 Å². The molecule has 2 heterocycles. The minimum Gasteiger partial charge on any atom is -0.283 e. The van der Waals surface area contributed by atoms with Crippen molar-refractivity contribution in [3.8, 4) is 16.9 Å². The molecular weight excluding hydrogens is 510 g/mol. The Labute approximate surface area is 210 Å². The maximum Gasteiger partial charge on any atom is 0.297 e. The lowest BCUT2D eigenvalue weighted by Crippen LogP contribution is -2.20. The van der Waals surface area contributed by atoms with E-state index in [-0.39, 0.29) is 5.56 Å². The Morgan fingerprint density at radius 3 is 2.41 bits per heavy atom. The van der Waals surface area contributed by atoms with Gasteiger partial charge in [0.05, 0.1) is 17.1 Å². The average molecular weight is 536 g/mol. The van der Waals surface area contributed by atoms with E-state index in [1.54, 1.807) is 4.68 Å². The van der Waals surface area contributed by atoms with E-state index < -0.39 is 0 Å². The summed E-state index contributed by atoms with van der Waals surface area (Å²) in [4.78, 5) is 19.0. The number of rotatable bonds is 4. The van der Waals surface area contributed by atoms with Crippen LogP contribution in [0.2, 0.25) is 0 Å². The fraction of sp³-hybridized carbons (Fsp3) is 0.269. The molecule has 0 spiro atoms. The van der Waals surface area contributed by atoms with E-state index in [0.717, 1.165) is 40.0 Å². The molecule has 8 heteroatoms. The van der Waals surface area contributed by atoms with E-state index in [1.165, 1.54) is 36.3 Å². The van der Waals surface area contributed by atoms with Gasteiger partial charge in [0.2, 0.25) is 4.80 Å². The van der Waals surface area contributed by atoms with Gasteiger partial charge in [-0.25, -0.2) is 14.4 Å². The lowest BCUT2D eigenvalue weighted by Gasteiger charge is -2.13. The number of para-hydroxylation sites is 1. The van der Waals surface area contributed by atoms with E-state index in [9.17, 15) is 4.79 Å². The van der Waals surface area contributed by atoms with Crippen LogP contribution in [0.3, 0.4) is 0 Å². The molecular formula is C26H26BrN5OS. The van der Waals surface area contributed by atoms with Gasteiger partial charge in [-0.05, 0) is 50.8 Å². The molecule has 2 aromatic carbocycles. The van der Waals surface area contributed by atoms with Gasteiger partial charge < -0.3 is 0 Å². The van der Waals surface area contributed by atoms with Crippen molar-refractivity contribution in [2.45, 2.75) is 39.0 Å². The van der Waals surface area contributed by atoms with Crippen molar-refractivity contribution >= 4 is 38.7 Å². The van der Waals surface area contributed by atoms with E-state index in [0.29, 0.717) is 10.5 Å². The molecule has 0 radical (unpaired) electrons. The quantitative estimate of drug-likeness (QED) is 0.308. The minimum absolute atomic E-state index is 0.140. The lowest BCUT2D eigenvalue weighted by atomic mass is 9.99. The summed E-state index contributed by atoms with van der Waals surface area (Å²) in [6.45, 7) is 1.93. The van der Waals surface area contributed by atoms with Crippen molar-refractivity contribution in [3.05, 3.63) is 85.3 Å². The highest BCUT2D eigenvalue weighted by Gasteiger charge is 2.18. The van der Waals surface area contributed by atoms with Gasteiger partial charge in [-0.2, -0.15) is 5.10 Å². The topological polar surface area (TPSA) is 56.6 Å². The van der Waals surface area contributed by atoms with Gasteiger partial charge in [-0.15, -0.1) is 11.3 Å². The average Bonchev–Trinajstić information content (AvgIpc) is 3.34. The molecule has 0 bridgehead atoms. The monoisotopic (exact) mass is 535 g/mol. The van der Waals surface area contributed by atoms with Crippen molar-refractivity contribution in [1.29, 1.82) is 0 Å². The first-order valence-corrected chi connectivity index (χ1v) is 13.1. The van der Waals surface area contributed by atoms with Crippen LogP contribution < -0.4 is 10.4 Å². The van der Waals surface area contributed by atoms with E-state index in [4.69, 9.17) is 10.1 Å². The second-order valence-corrected chi connectivity index (χ2v) is 10.1. The molecule has 4 aromatic rings. The lowest BCUT2D eigenvalue weighted by molar-refractivity contribution is 0.630. The summed E-state index contributed by atoms with van der Waals surface area (Å²) in [5.41, 5.74) is 5.11. The number of hydrogen-bond acceptors (Lipinski definition) is 4. The summed E-state index contributed by atoms with van der Waals surface area (Å²) in [5, 5.41) is 7.12. The highest BCUT2D eigenvalue weighted by molar-refractivity contribution is 9.10. The standard InChI is InChI=1S/C26H26BrN5OS/c1-18-24(25(33)32(30(18)2)20-13-7-4-8-14-20)28-26-31(29-19-11-5-3-6-12-19)23(17-34-26)21-15-9-10-16-22(21)27/h4,7-10,13-17H,3,5-6,11-12H2,1-2H3. The molecule has 34 heavy (non-hydrogen) atoms. The third-order valence-corrected chi connectivity index (χ3v) is 7.75. The minimum atomic E-state index is -0.140. The van der Waals surface area contributed by atoms with Crippen LogP contribution in [0, 0.1) is 6.92 Å². The second kappa shape index (κ2) is 9.72. The third kappa shape index (κ3) is 4.28. The maximum atomic E-state index is 13.4. The van der Waals surface area contributed by atoms with Gasteiger partial charge in [0, 0.05) is 28.2 Å². The maximum absolute atomic E-state index is 13.4. The van der Waals surface area contributed by atoms with Crippen LogP contribution in [0.5, 0.6) is 0 Å². The third-order valence-electron chi connectivity index (χ3n) is 6.24. The van der Waals surface area contributed by atoms with Crippen molar-refractivity contribution < 1.29 is 0 Å². The molecule has 0 amide bonds. The largest absolute Gasteiger partial charge is 0.297 e. The number of aromatic nitrogens is 3. The van der Waals surface area contributed by atoms with Gasteiger partial charge in [0.15, 0.2) is 5.69 Å². The predicted molar refractivity (Wildman–Crippen MR) is 142 cm³/mol. The summed E-state index contributed by atoms with van der Waals surface area (Å²) >= 11 is 5.19. The van der Waals surface area contributed by atoms with E-state index in [1.807, 2.05) is 71.9 Å². The van der Waals surface area contributed by atoms with Gasteiger partial charge in [0.1, 0.15) is 0 Å². The molecule has 6 nitrogen and oxygen atoms in total. The highest BCUT2D eigenvalue weighted by Crippen LogP contribution is 2.29. The van der Waals surface area contributed by atoms with Crippen LogP contribution in [-0.4, -0.2) is 19.8 Å². The van der Waals surface area contributed by atoms with E-state index >= 15 is 0 Å². The summed E-state index contributed by atoms with van der Waals surface area (Å²) in [5.74, 6) is 0. The summed E-state index contributed by atoms with van der Waals surface area (Å²) < 4.78 is 6.44. The van der Waals surface area contributed by atoms with E-state index in [2.05, 4.69) is 27.4 Å². The Morgan fingerprint density at radius 2 is 1.68 bits per heavy atom. The first-order chi connectivity index (χ1) is 16.5. The number of hydrogen-bond donors (Lipinski definition) is 0. The zero-order valence-corrected chi connectivity index (χ0v) is 21.6. The molecule has 0 aliphatic heterocycles. The number of benzene rings is 2. The van der Waals surface area contributed by atoms with Crippen molar-refractivity contribution in [2.24, 2.45) is 17.1 Å². The molecule has 1 aliphatic rings. The van der Waals surface area contributed by atoms with Gasteiger partial charge in [0.25, 0.3) is 5.56 Å². The molecule has 0 unspecified atom stereocenters. The van der Waals surface area contributed by atoms with Gasteiger partial charge >= 0.3 is 0 Å². The number of thiazole rings is 1. The molecule has 1 aliphatic carbocycles. The summed E-state index contributed by atoms with van der Waals surface area (Å²) in [7, 11) is 1.89. The molecule has 0 atom stereocenters. The van der Waals surface area contributed by atoms with Crippen LogP contribution in [0.15, 0.2) is 79.3 Å². The zero-order chi connectivity index (χ0) is 23.7. The summed E-state index contributed by atoms with van der Waals surface area (Å²) in [6.07, 6.45) is 5.59.